The summed E-state index contributed by atoms with van der Waals surface area (Å²) >= 11 is 3.29. The van der Waals surface area contributed by atoms with Crippen molar-refractivity contribution in [2.45, 2.75) is 6.17 Å². The summed E-state index contributed by atoms with van der Waals surface area (Å²) in [4.78, 5) is 37.3. The minimum Gasteiger partial charge on any atom is -0.309 e. The van der Waals surface area contributed by atoms with E-state index >= 15 is 0 Å². The molecule has 1 aliphatic rings. The van der Waals surface area contributed by atoms with Gasteiger partial charge in [-0.25, -0.2) is 9.59 Å². The van der Waals surface area contributed by atoms with Crippen LogP contribution >= 0.6 is 15.9 Å². The average Bonchev–Trinajstić information content (AvgIpc) is 2.57. The highest BCUT2D eigenvalue weighted by Gasteiger charge is 2.41. The molecule has 1 atom stereocenters. The van der Waals surface area contributed by atoms with Crippen LogP contribution in [-0.4, -0.2) is 48.0 Å². The second-order valence-electron chi connectivity index (χ2n) is 4.30. The zero-order chi connectivity index (χ0) is 14.9. The normalized spacial score (nSPS) is 18.4. The topological polar surface area (TPSA) is 81.8 Å². The van der Waals surface area contributed by atoms with Gasteiger partial charge in [0.15, 0.2) is 6.17 Å². The van der Waals surface area contributed by atoms with Gasteiger partial charge in [0, 0.05) is 24.3 Å². The van der Waals surface area contributed by atoms with Crippen LogP contribution in [-0.2, 0) is 4.79 Å². The van der Waals surface area contributed by atoms with Crippen molar-refractivity contribution in [3.8, 4) is 0 Å². The molecule has 0 spiro atoms. The Balaban J connectivity index is 2.02. The Morgan fingerprint density at radius 1 is 1.30 bits per heavy atom. The fourth-order valence-corrected chi connectivity index (χ4v) is 2.21. The zero-order valence-corrected chi connectivity index (χ0v) is 12.5. The first-order valence-electron chi connectivity index (χ1n) is 5.77. The van der Waals surface area contributed by atoms with Gasteiger partial charge >= 0.3 is 12.1 Å². The third-order valence-corrected chi connectivity index (χ3v) is 3.38. The predicted molar refractivity (Wildman–Crippen MR) is 76.0 cm³/mol. The number of rotatable bonds is 2. The first-order chi connectivity index (χ1) is 9.40. The molecule has 1 aromatic carbocycles. The number of hydrogen-bond acceptors (Lipinski definition) is 3. The maximum absolute atomic E-state index is 11.8. The molecule has 0 radical (unpaired) electrons. The molecule has 5 amide bonds. The Morgan fingerprint density at radius 2 is 2.00 bits per heavy atom. The van der Waals surface area contributed by atoms with Crippen molar-refractivity contribution >= 4 is 39.6 Å². The van der Waals surface area contributed by atoms with Crippen molar-refractivity contribution in [2.24, 2.45) is 0 Å². The molecule has 8 heteroatoms. The number of carbonyl (C=O) groups excluding carboxylic acids is 3. The zero-order valence-electron chi connectivity index (χ0n) is 10.9. The molecule has 0 saturated carbocycles. The molecule has 7 nitrogen and oxygen atoms in total. The number of nitrogens with zero attached hydrogens (tertiary/aromatic N) is 2. The first kappa shape index (κ1) is 14.3. The lowest BCUT2D eigenvalue weighted by molar-refractivity contribution is -0.127. The molecule has 1 unspecified atom stereocenters. The molecule has 1 aromatic rings. The van der Waals surface area contributed by atoms with E-state index < -0.39 is 24.1 Å². The van der Waals surface area contributed by atoms with E-state index in [-0.39, 0.29) is 0 Å². The summed E-state index contributed by atoms with van der Waals surface area (Å²) in [7, 11) is 2.82. The van der Waals surface area contributed by atoms with E-state index in [9.17, 15) is 14.4 Å². The number of nitrogens with one attached hydrogen (secondary N) is 2. The lowest BCUT2D eigenvalue weighted by Crippen LogP contribution is -2.48. The van der Waals surface area contributed by atoms with Crippen LogP contribution in [0.25, 0.3) is 0 Å². The van der Waals surface area contributed by atoms with Crippen molar-refractivity contribution < 1.29 is 14.4 Å². The van der Waals surface area contributed by atoms with Gasteiger partial charge in [-0.15, -0.1) is 0 Å². The van der Waals surface area contributed by atoms with Crippen LogP contribution in [0.3, 0.4) is 0 Å². The molecular weight excluding hydrogens is 328 g/mol. The fourth-order valence-electron chi connectivity index (χ4n) is 1.81. The molecule has 1 fully saturated rings. The van der Waals surface area contributed by atoms with Gasteiger partial charge < -0.3 is 10.6 Å². The first-order valence-corrected chi connectivity index (χ1v) is 6.57. The molecule has 2 rings (SSSR count). The van der Waals surface area contributed by atoms with Crippen molar-refractivity contribution in [3.05, 3.63) is 28.7 Å². The van der Waals surface area contributed by atoms with Gasteiger partial charge in [0.25, 0.3) is 5.91 Å². The van der Waals surface area contributed by atoms with Crippen molar-refractivity contribution in [1.29, 1.82) is 0 Å². The molecule has 1 aliphatic heterocycles. The monoisotopic (exact) mass is 340 g/mol. The Hall–Kier alpha value is -2.09. The number of hydrogen-bond donors (Lipinski definition) is 2. The van der Waals surface area contributed by atoms with Gasteiger partial charge in [0.05, 0.1) is 0 Å². The molecule has 0 bridgehead atoms. The third kappa shape index (κ3) is 2.74. The summed E-state index contributed by atoms with van der Waals surface area (Å²) in [5.74, 6) is -0.470. The Labute approximate surface area is 124 Å². The summed E-state index contributed by atoms with van der Waals surface area (Å²) in [5, 5.41) is 5.05. The number of carbonyl (C=O) groups is 3. The number of amides is 5. The lowest BCUT2D eigenvalue weighted by Gasteiger charge is -2.17. The summed E-state index contributed by atoms with van der Waals surface area (Å²) in [5.41, 5.74) is 0.574. The van der Waals surface area contributed by atoms with E-state index in [1.807, 2.05) is 6.07 Å². The van der Waals surface area contributed by atoms with Crippen LogP contribution in [0.1, 0.15) is 0 Å². The van der Waals surface area contributed by atoms with Gasteiger partial charge in [-0.2, -0.15) is 0 Å². The molecule has 1 saturated heterocycles. The number of benzene rings is 1. The van der Waals surface area contributed by atoms with Crippen LogP contribution in [0.4, 0.5) is 15.3 Å². The molecule has 0 aliphatic carbocycles. The Kier molecular flexibility index (Phi) is 3.93. The molecular formula is C12H13BrN4O3. The second kappa shape index (κ2) is 5.49. The van der Waals surface area contributed by atoms with E-state index in [0.717, 1.165) is 9.37 Å². The molecule has 2 N–H and O–H groups in total. The minimum absolute atomic E-state index is 0.456. The smallest absolute Gasteiger partial charge is 0.309 e. The van der Waals surface area contributed by atoms with E-state index in [1.165, 1.54) is 19.0 Å². The van der Waals surface area contributed by atoms with E-state index in [4.69, 9.17) is 0 Å². The summed E-state index contributed by atoms with van der Waals surface area (Å²) in [6.07, 6.45) is -0.986. The van der Waals surface area contributed by atoms with Crippen molar-refractivity contribution in [2.75, 3.05) is 19.4 Å². The van der Waals surface area contributed by atoms with Gasteiger partial charge in [-0.05, 0) is 18.2 Å². The largest absolute Gasteiger partial charge is 0.328 e. The standard InChI is InChI=1S/C12H13BrN4O3/c1-16-9(10(18)17(2)12(16)20)15-11(19)14-8-5-3-4-7(13)6-8/h3-6,9H,1-2H3,(H2,14,15,19). The van der Waals surface area contributed by atoms with E-state index in [2.05, 4.69) is 26.6 Å². The predicted octanol–water partition coefficient (Wildman–Crippen LogP) is 1.42. The average molecular weight is 341 g/mol. The van der Waals surface area contributed by atoms with Crippen LogP contribution in [0.2, 0.25) is 0 Å². The molecule has 1 heterocycles. The fraction of sp³-hybridized carbons (Fsp3) is 0.250. The maximum Gasteiger partial charge on any atom is 0.328 e. The van der Waals surface area contributed by atoms with Crippen LogP contribution in [0.5, 0.6) is 0 Å². The number of halogens is 1. The third-order valence-electron chi connectivity index (χ3n) is 2.89. The van der Waals surface area contributed by atoms with Gasteiger partial charge in [0.2, 0.25) is 0 Å². The number of anilines is 1. The van der Waals surface area contributed by atoms with Gasteiger partial charge in [-0.1, -0.05) is 22.0 Å². The number of urea groups is 2. The quantitative estimate of drug-likeness (QED) is 0.799. The van der Waals surface area contributed by atoms with Crippen molar-refractivity contribution in [1.82, 2.24) is 15.1 Å². The lowest BCUT2D eigenvalue weighted by atomic mass is 10.3. The second-order valence-corrected chi connectivity index (χ2v) is 5.22. The summed E-state index contributed by atoms with van der Waals surface area (Å²) in [6, 6.07) is 6.01. The van der Waals surface area contributed by atoms with Crippen molar-refractivity contribution in [3.63, 3.8) is 0 Å². The SMILES string of the molecule is CN1C(=O)C(NC(=O)Nc2cccc(Br)c2)N(C)C1=O. The molecule has 20 heavy (non-hydrogen) atoms. The van der Waals surface area contributed by atoms with E-state index in [1.54, 1.807) is 18.2 Å². The summed E-state index contributed by atoms with van der Waals surface area (Å²) < 4.78 is 0.819. The van der Waals surface area contributed by atoms with E-state index in [0.29, 0.717) is 5.69 Å². The van der Waals surface area contributed by atoms with Gasteiger partial charge in [-0.3, -0.25) is 14.6 Å². The molecule has 0 aromatic heterocycles. The number of imide groups is 1. The van der Waals surface area contributed by atoms with Crippen LogP contribution < -0.4 is 10.6 Å². The number of likely N-dealkylation sites (N-methyl/N-ethyl adjacent to an activating group) is 2. The highest BCUT2D eigenvalue weighted by atomic mass is 79.9. The summed E-state index contributed by atoms with van der Waals surface area (Å²) in [6.45, 7) is 0. The highest BCUT2D eigenvalue weighted by molar-refractivity contribution is 9.10. The molecule has 106 valence electrons. The van der Waals surface area contributed by atoms with Crippen LogP contribution in [0.15, 0.2) is 28.7 Å². The highest BCUT2D eigenvalue weighted by Crippen LogP contribution is 2.16. The minimum atomic E-state index is -0.986. The van der Waals surface area contributed by atoms with Crippen LogP contribution in [0, 0.1) is 0 Å². The Bertz CT molecular complexity index is 578. The maximum atomic E-state index is 11.8. The van der Waals surface area contributed by atoms with Gasteiger partial charge in [0.1, 0.15) is 0 Å². The Morgan fingerprint density at radius 3 is 2.55 bits per heavy atom.